The van der Waals surface area contributed by atoms with E-state index in [1.807, 2.05) is 39.0 Å². The number of carbonyl (C=O) groups excluding carboxylic acids is 2. The van der Waals surface area contributed by atoms with Gasteiger partial charge in [0, 0.05) is 17.1 Å². The number of hydrogen-bond acceptors (Lipinski definition) is 7. The summed E-state index contributed by atoms with van der Waals surface area (Å²) in [5.74, 6) is -0.486. The molecule has 9 nitrogen and oxygen atoms in total. The zero-order valence-corrected chi connectivity index (χ0v) is 24.5. The first-order chi connectivity index (χ1) is 17.5. The molecule has 3 aromatic rings. The number of amides is 1. The van der Waals surface area contributed by atoms with Gasteiger partial charge >= 0.3 is 6.09 Å². The number of rotatable bonds is 6. The van der Waals surface area contributed by atoms with Gasteiger partial charge in [-0.2, -0.15) is 0 Å². The fraction of sp³-hybridized carbons (Fsp3) is 0.500. The summed E-state index contributed by atoms with van der Waals surface area (Å²) < 4.78 is 19.6. The molecule has 2 N–H and O–H groups in total. The van der Waals surface area contributed by atoms with E-state index in [0.717, 1.165) is 11.1 Å². The molecule has 1 aliphatic heterocycles. The summed E-state index contributed by atoms with van der Waals surface area (Å²) in [6, 6.07) is 7.58. The largest absolute Gasteiger partial charge is 0.443 e. The number of fused-ring (bicyclic) bond motifs is 1. The van der Waals surface area contributed by atoms with Gasteiger partial charge in [0.1, 0.15) is 11.2 Å². The van der Waals surface area contributed by atoms with Crippen LogP contribution < -0.4 is 5.73 Å². The second-order valence-electron chi connectivity index (χ2n) is 12.5. The SMILES string of the molecule is CC(C)(C)OC(=O)n1cc(-c2cccc(C3(O[Si](C)(C)C(C)(C)C)COC3)n2)c2cc(CC(N)=O)ncc21. The number of ether oxygens (including phenoxy) is 2. The van der Waals surface area contributed by atoms with E-state index in [4.69, 9.17) is 24.6 Å². The number of pyridine rings is 2. The fourth-order valence-electron chi connectivity index (χ4n) is 4.14. The van der Waals surface area contributed by atoms with E-state index in [1.165, 1.54) is 4.57 Å². The van der Waals surface area contributed by atoms with Gasteiger partial charge < -0.3 is 19.6 Å². The Hall–Kier alpha value is -3.08. The van der Waals surface area contributed by atoms with E-state index < -0.39 is 31.5 Å². The highest BCUT2D eigenvalue weighted by Gasteiger charge is 2.50. The van der Waals surface area contributed by atoms with E-state index in [2.05, 4.69) is 38.8 Å². The molecule has 0 saturated carbocycles. The number of carbonyl (C=O) groups is 2. The molecule has 0 atom stereocenters. The van der Waals surface area contributed by atoms with Crippen LogP contribution >= 0.6 is 0 Å². The summed E-state index contributed by atoms with van der Waals surface area (Å²) in [6.07, 6.45) is 2.73. The van der Waals surface area contributed by atoms with Crippen LogP contribution in [0, 0.1) is 0 Å². The minimum atomic E-state index is -2.13. The van der Waals surface area contributed by atoms with Gasteiger partial charge in [-0.1, -0.05) is 26.8 Å². The minimum absolute atomic E-state index is 0.0126. The average Bonchev–Trinajstić information content (AvgIpc) is 3.13. The van der Waals surface area contributed by atoms with Crippen LogP contribution in [0.15, 0.2) is 36.7 Å². The van der Waals surface area contributed by atoms with Crippen LogP contribution in [0.5, 0.6) is 0 Å². The summed E-state index contributed by atoms with van der Waals surface area (Å²) >= 11 is 0. The number of nitrogens with zero attached hydrogens (tertiary/aromatic N) is 3. The van der Waals surface area contributed by atoms with Gasteiger partial charge in [0.2, 0.25) is 5.91 Å². The van der Waals surface area contributed by atoms with Gasteiger partial charge in [-0.3, -0.25) is 14.3 Å². The number of aromatic nitrogens is 3. The van der Waals surface area contributed by atoms with E-state index in [1.54, 1.807) is 18.5 Å². The van der Waals surface area contributed by atoms with E-state index in [9.17, 15) is 9.59 Å². The molecular weight excluding hydrogens is 500 g/mol. The lowest BCUT2D eigenvalue weighted by Gasteiger charge is -2.49. The molecule has 1 fully saturated rings. The van der Waals surface area contributed by atoms with Gasteiger partial charge in [-0.25, -0.2) is 9.78 Å². The Bertz CT molecular complexity index is 1380. The summed E-state index contributed by atoms with van der Waals surface area (Å²) in [5.41, 5.74) is 7.34. The second kappa shape index (κ2) is 9.59. The molecule has 4 heterocycles. The monoisotopic (exact) mass is 538 g/mol. The van der Waals surface area contributed by atoms with Crippen LogP contribution in [0.4, 0.5) is 4.79 Å². The summed E-state index contributed by atoms with van der Waals surface area (Å²) in [7, 11) is -2.13. The predicted octanol–water partition coefficient (Wildman–Crippen LogP) is 5.16. The lowest BCUT2D eigenvalue weighted by molar-refractivity contribution is -0.176. The van der Waals surface area contributed by atoms with Crippen molar-refractivity contribution in [2.45, 2.75) is 77.3 Å². The molecule has 0 spiro atoms. The fourth-order valence-corrected chi connectivity index (χ4v) is 5.64. The van der Waals surface area contributed by atoms with Crippen molar-refractivity contribution >= 4 is 31.2 Å². The van der Waals surface area contributed by atoms with Crippen LogP contribution in [-0.4, -0.2) is 53.7 Å². The molecular formula is C28H38N4O5Si. The smallest absolute Gasteiger partial charge is 0.419 e. The second-order valence-corrected chi connectivity index (χ2v) is 17.2. The first-order valence-electron chi connectivity index (χ1n) is 12.8. The summed E-state index contributed by atoms with van der Waals surface area (Å²) in [4.78, 5) is 34.1. The van der Waals surface area contributed by atoms with Crippen LogP contribution in [0.25, 0.3) is 22.2 Å². The molecule has 0 unspecified atom stereocenters. The van der Waals surface area contributed by atoms with E-state index in [0.29, 0.717) is 35.7 Å². The van der Waals surface area contributed by atoms with Crippen molar-refractivity contribution in [3.63, 3.8) is 0 Å². The Kier molecular flexibility index (Phi) is 7.05. The lowest BCUT2D eigenvalue weighted by Crippen LogP contribution is -2.57. The molecule has 204 valence electrons. The Labute approximate surface area is 224 Å². The maximum Gasteiger partial charge on any atom is 0.419 e. The Morgan fingerprint density at radius 1 is 1.16 bits per heavy atom. The van der Waals surface area contributed by atoms with E-state index >= 15 is 0 Å². The van der Waals surface area contributed by atoms with Gasteiger partial charge in [-0.05, 0) is 57.1 Å². The molecule has 1 saturated heterocycles. The van der Waals surface area contributed by atoms with Crippen molar-refractivity contribution in [3.05, 3.63) is 48.0 Å². The van der Waals surface area contributed by atoms with Gasteiger partial charge in [0.05, 0.1) is 48.4 Å². The quantitative estimate of drug-likeness (QED) is 0.431. The van der Waals surface area contributed by atoms with Gasteiger partial charge in [0.25, 0.3) is 0 Å². The molecule has 0 aromatic carbocycles. The molecule has 10 heteroatoms. The highest BCUT2D eigenvalue weighted by atomic mass is 28.4. The Morgan fingerprint density at radius 3 is 2.39 bits per heavy atom. The van der Waals surface area contributed by atoms with Crippen LogP contribution in [0.2, 0.25) is 18.1 Å². The Balaban J connectivity index is 1.83. The number of primary amides is 1. The topological polar surface area (TPSA) is 119 Å². The van der Waals surface area contributed by atoms with Crippen molar-refractivity contribution in [3.8, 4) is 11.3 Å². The molecule has 38 heavy (non-hydrogen) atoms. The van der Waals surface area contributed by atoms with E-state index in [-0.39, 0.29) is 11.5 Å². The molecule has 0 radical (unpaired) electrons. The predicted molar refractivity (Wildman–Crippen MR) is 148 cm³/mol. The standard InChI is InChI=1S/C28H38N4O5Si/c1-26(2,3)36-25(34)32-15-20(19-12-18(13-24(29)33)30-14-22(19)32)21-10-9-11-23(31-21)28(16-35-17-28)37-38(7,8)27(4,5)6/h9-12,14-15H,13,16-17H2,1-8H3,(H2,29,33). The highest BCUT2D eigenvalue weighted by Crippen LogP contribution is 2.44. The third-order valence-electron chi connectivity index (χ3n) is 7.11. The lowest BCUT2D eigenvalue weighted by atomic mass is 9.96. The van der Waals surface area contributed by atoms with Crippen LogP contribution in [0.1, 0.15) is 52.9 Å². The molecule has 4 rings (SSSR count). The van der Waals surface area contributed by atoms with Gasteiger partial charge in [-0.15, -0.1) is 0 Å². The minimum Gasteiger partial charge on any atom is -0.443 e. The maximum atomic E-state index is 13.1. The third-order valence-corrected chi connectivity index (χ3v) is 11.6. The first-order valence-corrected chi connectivity index (χ1v) is 15.7. The van der Waals surface area contributed by atoms with Crippen molar-refractivity contribution < 1.29 is 23.5 Å². The Morgan fingerprint density at radius 2 is 1.84 bits per heavy atom. The normalized spacial score (nSPS) is 15.8. The van der Waals surface area contributed by atoms with Crippen molar-refractivity contribution in [1.29, 1.82) is 0 Å². The van der Waals surface area contributed by atoms with Crippen LogP contribution in [-0.2, 0) is 30.7 Å². The van der Waals surface area contributed by atoms with Crippen molar-refractivity contribution in [1.82, 2.24) is 14.5 Å². The summed E-state index contributed by atoms with van der Waals surface area (Å²) in [6.45, 7) is 17.4. The first kappa shape index (κ1) is 27.9. The van der Waals surface area contributed by atoms with Gasteiger partial charge in [0.15, 0.2) is 8.32 Å². The zero-order chi connectivity index (χ0) is 28.1. The molecule has 0 aliphatic carbocycles. The molecule has 1 amide bonds. The molecule has 1 aliphatic rings. The average molecular weight is 539 g/mol. The van der Waals surface area contributed by atoms with Crippen LogP contribution in [0.3, 0.4) is 0 Å². The highest BCUT2D eigenvalue weighted by molar-refractivity contribution is 6.74. The molecule has 0 bridgehead atoms. The maximum absolute atomic E-state index is 13.1. The van der Waals surface area contributed by atoms with Crippen molar-refractivity contribution in [2.75, 3.05) is 13.2 Å². The molecule has 3 aromatic heterocycles. The number of hydrogen-bond donors (Lipinski definition) is 1. The number of nitrogens with two attached hydrogens (primary N) is 1. The van der Waals surface area contributed by atoms with Crippen molar-refractivity contribution in [2.24, 2.45) is 5.73 Å². The third kappa shape index (κ3) is 5.52. The zero-order valence-electron chi connectivity index (χ0n) is 23.5. The summed E-state index contributed by atoms with van der Waals surface area (Å²) in [5, 5.41) is 0.744.